The Balaban J connectivity index is 2.05. The number of benzene rings is 2. The molecule has 0 atom stereocenters. The van der Waals surface area contributed by atoms with Crippen molar-refractivity contribution in [3.8, 4) is 0 Å². The molecule has 0 aliphatic carbocycles. The summed E-state index contributed by atoms with van der Waals surface area (Å²) in [6.45, 7) is 3.84. The Labute approximate surface area is 143 Å². The molecule has 124 valence electrons. The predicted molar refractivity (Wildman–Crippen MR) is 95.5 cm³/mol. The van der Waals surface area contributed by atoms with E-state index in [2.05, 4.69) is 6.58 Å². The Morgan fingerprint density at radius 2 is 1.58 bits per heavy atom. The Morgan fingerprint density at radius 1 is 0.958 bits per heavy atom. The van der Waals surface area contributed by atoms with Crippen LogP contribution >= 0.6 is 0 Å². The van der Waals surface area contributed by atoms with Crippen LogP contribution in [0.1, 0.15) is 11.1 Å². The molecule has 0 radical (unpaired) electrons. The number of carbonyl (C=O) groups is 1. The molecule has 3 heteroatoms. The molecule has 0 aliphatic heterocycles. The van der Waals surface area contributed by atoms with Crippen LogP contribution in [0.25, 0.3) is 0 Å². The van der Waals surface area contributed by atoms with E-state index in [1.807, 2.05) is 66.7 Å². The second-order valence-electron chi connectivity index (χ2n) is 5.29. The van der Waals surface area contributed by atoms with Crippen molar-refractivity contribution in [3.63, 3.8) is 0 Å². The molecule has 0 saturated carbocycles. The van der Waals surface area contributed by atoms with Gasteiger partial charge in [0.15, 0.2) is 6.79 Å². The van der Waals surface area contributed by atoms with Crippen LogP contribution in [-0.4, -0.2) is 19.4 Å². The fourth-order valence-electron chi connectivity index (χ4n) is 2.22. The minimum absolute atomic E-state index is 0.0671. The average Bonchev–Trinajstić information content (AvgIpc) is 2.64. The van der Waals surface area contributed by atoms with E-state index in [0.29, 0.717) is 25.0 Å². The van der Waals surface area contributed by atoms with Gasteiger partial charge in [-0.05, 0) is 17.5 Å². The third-order valence-corrected chi connectivity index (χ3v) is 3.44. The molecule has 0 amide bonds. The molecule has 0 fully saturated rings. The van der Waals surface area contributed by atoms with Gasteiger partial charge >= 0.3 is 5.97 Å². The van der Waals surface area contributed by atoms with Gasteiger partial charge in [0.25, 0.3) is 0 Å². The molecular weight excluding hydrogens is 300 g/mol. The lowest BCUT2D eigenvalue weighted by Crippen LogP contribution is -2.13. The van der Waals surface area contributed by atoms with Crippen molar-refractivity contribution in [3.05, 3.63) is 96.1 Å². The molecule has 0 N–H and O–H groups in total. The molecule has 0 heterocycles. The summed E-state index contributed by atoms with van der Waals surface area (Å²) in [5, 5.41) is 0. The first-order chi connectivity index (χ1) is 11.8. The first-order valence-electron chi connectivity index (χ1n) is 7.92. The van der Waals surface area contributed by atoms with Crippen LogP contribution in [0.15, 0.2) is 85.0 Å². The van der Waals surface area contributed by atoms with Crippen LogP contribution in [0.2, 0.25) is 0 Å². The maximum Gasteiger partial charge on any atom is 0.336 e. The van der Waals surface area contributed by atoms with Crippen molar-refractivity contribution in [2.45, 2.75) is 12.8 Å². The number of esters is 1. The molecule has 0 spiro atoms. The van der Waals surface area contributed by atoms with Gasteiger partial charge in [-0.1, -0.05) is 72.8 Å². The smallest absolute Gasteiger partial charge is 0.336 e. The van der Waals surface area contributed by atoms with Crippen molar-refractivity contribution >= 4 is 5.97 Å². The number of hydrogen-bond acceptors (Lipinski definition) is 3. The molecule has 2 aromatic rings. The van der Waals surface area contributed by atoms with Crippen molar-refractivity contribution in [1.82, 2.24) is 0 Å². The number of allylic oxidation sites excluding steroid dienone is 1. The zero-order valence-corrected chi connectivity index (χ0v) is 13.7. The van der Waals surface area contributed by atoms with E-state index >= 15 is 0 Å². The van der Waals surface area contributed by atoms with Crippen LogP contribution in [0.3, 0.4) is 0 Å². The number of rotatable bonds is 9. The highest BCUT2D eigenvalue weighted by Crippen LogP contribution is 2.12. The van der Waals surface area contributed by atoms with Gasteiger partial charge in [0, 0.05) is 12.0 Å². The Kier molecular flexibility index (Phi) is 7.51. The summed E-state index contributed by atoms with van der Waals surface area (Å²) in [5.41, 5.74) is 2.85. The Morgan fingerprint density at radius 3 is 2.21 bits per heavy atom. The van der Waals surface area contributed by atoms with Gasteiger partial charge in [0.1, 0.15) is 0 Å². The molecule has 2 rings (SSSR count). The Bertz CT molecular complexity index is 660. The topological polar surface area (TPSA) is 35.5 Å². The second kappa shape index (κ2) is 10.2. The first-order valence-corrected chi connectivity index (χ1v) is 7.92. The second-order valence-corrected chi connectivity index (χ2v) is 5.29. The molecule has 0 aliphatic rings. The lowest BCUT2D eigenvalue weighted by Gasteiger charge is -2.09. The van der Waals surface area contributed by atoms with Gasteiger partial charge < -0.3 is 9.47 Å². The quantitative estimate of drug-likeness (QED) is 0.229. The van der Waals surface area contributed by atoms with E-state index in [1.165, 1.54) is 0 Å². The lowest BCUT2D eigenvalue weighted by atomic mass is 10.0. The molecule has 24 heavy (non-hydrogen) atoms. The number of ether oxygens (including phenoxy) is 2. The lowest BCUT2D eigenvalue weighted by molar-refractivity contribution is -0.150. The van der Waals surface area contributed by atoms with Crippen molar-refractivity contribution in [2.75, 3.05) is 13.4 Å². The summed E-state index contributed by atoms with van der Waals surface area (Å²) in [5.74, 6) is -0.348. The van der Waals surface area contributed by atoms with E-state index in [1.54, 1.807) is 6.08 Å². The SMILES string of the molecule is C=CCOCOC(=O)/C(=C\Cc1ccccc1)Cc1ccccc1. The highest BCUT2D eigenvalue weighted by atomic mass is 16.7. The normalized spacial score (nSPS) is 11.1. The zero-order valence-electron chi connectivity index (χ0n) is 13.7. The first kappa shape index (κ1) is 17.7. The highest BCUT2D eigenvalue weighted by Gasteiger charge is 2.12. The fourth-order valence-corrected chi connectivity index (χ4v) is 2.22. The van der Waals surface area contributed by atoms with Crippen LogP contribution in [0, 0.1) is 0 Å². The minimum Gasteiger partial charge on any atom is -0.435 e. The fraction of sp³-hybridized carbons (Fsp3) is 0.190. The summed E-state index contributed by atoms with van der Waals surface area (Å²) >= 11 is 0. The molecule has 0 unspecified atom stereocenters. The van der Waals surface area contributed by atoms with Crippen molar-refractivity contribution < 1.29 is 14.3 Å². The van der Waals surface area contributed by atoms with Crippen LogP contribution < -0.4 is 0 Å². The van der Waals surface area contributed by atoms with Crippen LogP contribution in [0.4, 0.5) is 0 Å². The van der Waals surface area contributed by atoms with Crippen LogP contribution in [-0.2, 0) is 27.1 Å². The summed E-state index contributed by atoms with van der Waals surface area (Å²) in [6.07, 6.45) is 4.77. The van der Waals surface area contributed by atoms with Gasteiger partial charge in [-0.25, -0.2) is 4.79 Å². The molecule has 2 aromatic carbocycles. The van der Waals surface area contributed by atoms with Crippen molar-refractivity contribution in [1.29, 1.82) is 0 Å². The maximum absolute atomic E-state index is 12.3. The standard InChI is InChI=1S/C21H22O3/c1-2-15-23-17-24-21(22)20(16-19-11-7-4-8-12-19)14-13-18-9-5-3-6-10-18/h2-12,14H,1,13,15-17H2/b20-14-. The predicted octanol–water partition coefficient (Wildman–Crippen LogP) is 4.10. The van der Waals surface area contributed by atoms with Crippen molar-refractivity contribution in [2.24, 2.45) is 0 Å². The third-order valence-electron chi connectivity index (χ3n) is 3.44. The molecule has 0 bridgehead atoms. The maximum atomic E-state index is 12.3. The van der Waals surface area contributed by atoms with Gasteiger partial charge in [0.05, 0.1) is 6.61 Å². The summed E-state index contributed by atoms with van der Waals surface area (Å²) in [4.78, 5) is 12.3. The van der Waals surface area contributed by atoms with E-state index in [-0.39, 0.29) is 12.8 Å². The van der Waals surface area contributed by atoms with E-state index < -0.39 is 0 Å². The molecule has 3 nitrogen and oxygen atoms in total. The number of hydrogen-bond donors (Lipinski definition) is 0. The van der Waals surface area contributed by atoms with E-state index in [9.17, 15) is 4.79 Å². The summed E-state index contributed by atoms with van der Waals surface area (Å²) in [7, 11) is 0. The van der Waals surface area contributed by atoms with Gasteiger partial charge in [0.2, 0.25) is 0 Å². The Hall–Kier alpha value is -2.65. The molecule has 0 saturated heterocycles. The molecule has 0 aromatic heterocycles. The third kappa shape index (κ3) is 6.23. The van der Waals surface area contributed by atoms with E-state index in [0.717, 1.165) is 11.1 Å². The highest BCUT2D eigenvalue weighted by molar-refractivity contribution is 5.89. The minimum atomic E-state index is -0.348. The largest absolute Gasteiger partial charge is 0.435 e. The average molecular weight is 322 g/mol. The van der Waals surface area contributed by atoms with Crippen LogP contribution in [0.5, 0.6) is 0 Å². The summed E-state index contributed by atoms with van der Waals surface area (Å²) in [6, 6.07) is 19.9. The summed E-state index contributed by atoms with van der Waals surface area (Å²) < 4.78 is 10.3. The van der Waals surface area contributed by atoms with Gasteiger partial charge in [-0.2, -0.15) is 0 Å². The van der Waals surface area contributed by atoms with E-state index in [4.69, 9.17) is 9.47 Å². The molecular formula is C21H22O3. The zero-order chi connectivity index (χ0) is 17.0. The monoisotopic (exact) mass is 322 g/mol. The number of carbonyl (C=O) groups excluding carboxylic acids is 1. The van der Waals surface area contributed by atoms with Gasteiger partial charge in [-0.3, -0.25) is 0 Å². The van der Waals surface area contributed by atoms with Gasteiger partial charge in [-0.15, -0.1) is 6.58 Å².